The minimum Gasteiger partial charge on any atom is -0.544 e. The van der Waals surface area contributed by atoms with Gasteiger partial charge in [0, 0.05) is 5.92 Å². The van der Waals surface area contributed by atoms with Gasteiger partial charge in [-0.3, -0.25) is 0 Å². The van der Waals surface area contributed by atoms with Gasteiger partial charge in [0.2, 0.25) is 16.6 Å². The average molecular weight is 256 g/mol. The zero-order valence-electron chi connectivity index (χ0n) is 11.5. The van der Waals surface area contributed by atoms with Gasteiger partial charge in [-0.25, -0.2) is 0 Å². The number of hydrogen-bond donors (Lipinski definition) is 0. The van der Waals surface area contributed by atoms with Crippen molar-refractivity contribution < 1.29 is 8.85 Å². The molecule has 0 amide bonds. The molecular weight excluding hydrogens is 232 g/mol. The lowest BCUT2D eigenvalue weighted by molar-refractivity contribution is 0.331. The Labute approximate surface area is 102 Å². The first kappa shape index (κ1) is 13.6. The smallest absolute Gasteiger partial charge is 0.242 e. The molecule has 1 aliphatic carbocycles. The first-order valence-corrected chi connectivity index (χ1v) is 12.7. The van der Waals surface area contributed by atoms with E-state index in [1.807, 2.05) is 0 Å². The van der Waals surface area contributed by atoms with Gasteiger partial charge in [0.1, 0.15) is 11.5 Å². The van der Waals surface area contributed by atoms with Crippen molar-refractivity contribution in [2.24, 2.45) is 5.92 Å². The monoisotopic (exact) mass is 256 g/mol. The van der Waals surface area contributed by atoms with Crippen LogP contribution >= 0.6 is 0 Å². The molecular formula is C12H24O2Si2. The third-order valence-electron chi connectivity index (χ3n) is 2.02. The molecule has 0 aromatic heterocycles. The van der Waals surface area contributed by atoms with Crippen LogP contribution in [0.2, 0.25) is 39.3 Å². The molecule has 2 nitrogen and oxygen atoms in total. The molecule has 0 fully saturated rings. The van der Waals surface area contributed by atoms with Gasteiger partial charge >= 0.3 is 0 Å². The second-order valence-electron chi connectivity index (χ2n) is 6.31. The van der Waals surface area contributed by atoms with Gasteiger partial charge in [-0.2, -0.15) is 0 Å². The molecule has 16 heavy (non-hydrogen) atoms. The molecule has 0 aliphatic heterocycles. The number of hydrogen-bond acceptors (Lipinski definition) is 2. The molecule has 1 aliphatic rings. The van der Waals surface area contributed by atoms with Crippen LogP contribution in [0, 0.1) is 5.92 Å². The predicted molar refractivity (Wildman–Crippen MR) is 74.2 cm³/mol. The Morgan fingerprint density at radius 2 is 1.44 bits per heavy atom. The summed E-state index contributed by atoms with van der Waals surface area (Å²) in [4.78, 5) is 0. The van der Waals surface area contributed by atoms with E-state index in [1.54, 1.807) is 0 Å². The number of allylic oxidation sites excluding steroid dienone is 2. The fourth-order valence-electron chi connectivity index (χ4n) is 1.51. The van der Waals surface area contributed by atoms with Crippen molar-refractivity contribution in [1.82, 2.24) is 0 Å². The summed E-state index contributed by atoms with van der Waals surface area (Å²) in [6.45, 7) is 15.4. The van der Waals surface area contributed by atoms with Gasteiger partial charge in [0.25, 0.3) is 0 Å². The molecule has 0 radical (unpaired) electrons. The van der Waals surface area contributed by atoms with Crippen LogP contribution in [0.4, 0.5) is 0 Å². The van der Waals surface area contributed by atoms with E-state index in [4.69, 9.17) is 8.85 Å². The van der Waals surface area contributed by atoms with Crippen LogP contribution in [0.25, 0.3) is 0 Å². The SMILES string of the molecule is CC1C=CC(O[Si](C)(C)C)=C1O[Si](C)(C)C. The fraction of sp³-hybridized carbons (Fsp3) is 0.667. The normalized spacial score (nSPS) is 21.6. The van der Waals surface area contributed by atoms with E-state index in [0.29, 0.717) is 5.92 Å². The Kier molecular flexibility index (Phi) is 3.74. The summed E-state index contributed by atoms with van der Waals surface area (Å²) in [6, 6.07) is 0. The van der Waals surface area contributed by atoms with E-state index >= 15 is 0 Å². The molecule has 4 heteroatoms. The Hall–Kier alpha value is -0.486. The van der Waals surface area contributed by atoms with Gasteiger partial charge in [-0.1, -0.05) is 13.0 Å². The second-order valence-corrected chi connectivity index (χ2v) is 15.2. The highest BCUT2D eigenvalue weighted by Crippen LogP contribution is 2.31. The molecule has 0 heterocycles. The van der Waals surface area contributed by atoms with Crippen LogP contribution < -0.4 is 0 Å². The summed E-state index contributed by atoms with van der Waals surface area (Å²) in [5.74, 6) is 2.37. The highest BCUT2D eigenvalue weighted by Gasteiger charge is 2.28. The highest BCUT2D eigenvalue weighted by atomic mass is 28.4. The van der Waals surface area contributed by atoms with Gasteiger partial charge < -0.3 is 8.85 Å². The van der Waals surface area contributed by atoms with Crippen LogP contribution in [-0.2, 0) is 8.85 Å². The van der Waals surface area contributed by atoms with Crippen molar-refractivity contribution >= 4 is 16.6 Å². The molecule has 1 atom stereocenters. The average Bonchev–Trinajstić information content (AvgIpc) is 2.30. The van der Waals surface area contributed by atoms with E-state index in [2.05, 4.69) is 58.4 Å². The zero-order chi connectivity index (χ0) is 12.6. The third kappa shape index (κ3) is 4.17. The quantitative estimate of drug-likeness (QED) is 0.705. The maximum Gasteiger partial charge on any atom is 0.242 e. The van der Waals surface area contributed by atoms with Crippen LogP contribution in [0.3, 0.4) is 0 Å². The van der Waals surface area contributed by atoms with Crippen molar-refractivity contribution in [3.05, 3.63) is 23.7 Å². The summed E-state index contributed by atoms with van der Waals surface area (Å²) in [6.07, 6.45) is 4.23. The van der Waals surface area contributed by atoms with Crippen LogP contribution in [0.1, 0.15) is 6.92 Å². The Morgan fingerprint density at radius 1 is 0.938 bits per heavy atom. The van der Waals surface area contributed by atoms with Crippen LogP contribution in [0.5, 0.6) is 0 Å². The third-order valence-corrected chi connectivity index (χ3v) is 3.69. The van der Waals surface area contributed by atoms with Gasteiger partial charge in [0.05, 0.1) is 0 Å². The molecule has 0 N–H and O–H groups in total. The minimum absolute atomic E-state index is 0.359. The van der Waals surface area contributed by atoms with Gasteiger partial charge in [-0.05, 0) is 45.4 Å². The van der Waals surface area contributed by atoms with Crippen LogP contribution in [-0.4, -0.2) is 16.6 Å². The van der Waals surface area contributed by atoms with Crippen molar-refractivity contribution in [1.29, 1.82) is 0 Å². The van der Waals surface area contributed by atoms with Crippen molar-refractivity contribution in [2.75, 3.05) is 0 Å². The summed E-state index contributed by atoms with van der Waals surface area (Å²) < 4.78 is 12.2. The standard InChI is InChI=1S/C12H24O2Si2/c1-10-8-9-11(13-15(2,3)4)12(10)14-16(5,6)7/h8-10H,1-7H3. The van der Waals surface area contributed by atoms with E-state index in [-0.39, 0.29) is 0 Å². The maximum absolute atomic E-state index is 6.12. The van der Waals surface area contributed by atoms with Crippen LogP contribution in [0.15, 0.2) is 23.7 Å². The Morgan fingerprint density at radius 3 is 1.88 bits per heavy atom. The van der Waals surface area contributed by atoms with Gasteiger partial charge in [-0.15, -0.1) is 0 Å². The Bertz CT molecular complexity index is 319. The van der Waals surface area contributed by atoms with Gasteiger partial charge in [0.15, 0.2) is 0 Å². The van der Waals surface area contributed by atoms with Crippen molar-refractivity contribution in [2.45, 2.75) is 46.2 Å². The van der Waals surface area contributed by atoms with E-state index in [0.717, 1.165) is 11.5 Å². The molecule has 1 rings (SSSR count). The molecule has 0 saturated heterocycles. The fourth-order valence-corrected chi connectivity index (χ4v) is 3.29. The molecule has 0 aromatic rings. The summed E-state index contributed by atoms with van der Waals surface area (Å²) in [7, 11) is -3.09. The number of rotatable bonds is 4. The lowest BCUT2D eigenvalue weighted by atomic mass is 10.2. The highest BCUT2D eigenvalue weighted by molar-refractivity contribution is 6.70. The minimum atomic E-state index is -1.54. The molecule has 0 saturated carbocycles. The van der Waals surface area contributed by atoms with Crippen molar-refractivity contribution in [3.8, 4) is 0 Å². The largest absolute Gasteiger partial charge is 0.544 e. The maximum atomic E-state index is 6.12. The second kappa shape index (κ2) is 4.41. The lowest BCUT2D eigenvalue weighted by Gasteiger charge is -2.26. The Balaban J connectivity index is 2.87. The predicted octanol–water partition coefficient (Wildman–Crippen LogP) is 4.11. The molecule has 0 aromatic carbocycles. The van der Waals surface area contributed by atoms with E-state index in [9.17, 15) is 0 Å². The molecule has 1 unspecified atom stereocenters. The molecule has 0 bridgehead atoms. The summed E-state index contributed by atoms with van der Waals surface area (Å²) in [5, 5.41) is 0. The summed E-state index contributed by atoms with van der Waals surface area (Å²) >= 11 is 0. The first-order chi connectivity index (χ1) is 7.08. The molecule has 92 valence electrons. The first-order valence-electron chi connectivity index (χ1n) is 5.89. The van der Waals surface area contributed by atoms with E-state index < -0.39 is 16.6 Å². The molecule has 0 spiro atoms. The zero-order valence-corrected chi connectivity index (χ0v) is 13.5. The topological polar surface area (TPSA) is 18.5 Å². The lowest BCUT2D eigenvalue weighted by Crippen LogP contribution is -2.29. The van der Waals surface area contributed by atoms with E-state index in [1.165, 1.54) is 0 Å². The van der Waals surface area contributed by atoms with Crippen molar-refractivity contribution in [3.63, 3.8) is 0 Å². The summed E-state index contributed by atoms with van der Waals surface area (Å²) in [5.41, 5.74) is 0.